The Morgan fingerprint density at radius 3 is 2.91 bits per heavy atom. The molecular weight excluding hydrogens is 306 g/mol. The summed E-state index contributed by atoms with van der Waals surface area (Å²) in [4.78, 5) is 23.5. The zero-order valence-corrected chi connectivity index (χ0v) is 14.6. The number of nitrogens with zero attached hydrogens (tertiary/aromatic N) is 3. The van der Waals surface area contributed by atoms with Crippen LogP contribution in [0.25, 0.3) is 0 Å². The maximum atomic E-state index is 12.5. The van der Waals surface area contributed by atoms with Crippen molar-refractivity contribution in [2.75, 3.05) is 13.1 Å². The van der Waals surface area contributed by atoms with E-state index in [9.17, 15) is 4.79 Å². The molecule has 0 aliphatic carbocycles. The molecule has 2 aromatic heterocycles. The molecule has 0 bridgehead atoms. The van der Waals surface area contributed by atoms with E-state index in [0.717, 1.165) is 48.0 Å². The molecule has 0 aromatic carbocycles. The molecule has 3 rings (SSSR count). The van der Waals surface area contributed by atoms with Gasteiger partial charge in [-0.25, -0.2) is 4.98 Å². The Hall–Kier alpha value is -1.75. The van der Waals surface area contributed by atoms with E-state index < -0.39 is 0 Å². The molecule has 4 nitrogen and oxygen atoms in total. The number of hydrogen-bond acceptors (Lipinski definition) is 4. The summed E-state index contributed by atoms with van der Waals surface area (Å²) in [6.07, 6.45) is 3.65. The molecule has 23 heavy (non-hydrogen) atoms. The minimum Gasteiger partial charge on any atom is -0.342 e. The van der Waals surface area contributed by atoms with Gasteiger partial charge in [-0.1, -0.05) is 6.07 Å². The van der Waals surface area contributed by atoms with Crippen LogP contribution in [0.2, 0.25) is 0 Å². The number of amides is 1. The van der Waals surface area contributed by atoms with Crippen LogP contribution in [0.5, 0.6) is 0 Å². The molecular formula is C18H23N3OS. The number of aryl methyl sites for hydroxylation is 2. The Morgan fingerprint density at radius 2 is 2.17 bits per heavy atom. The van der Waals surface area contributed by atoms with Gasteiger partial charge in [-0.3, -0.25) is 9.78 Å². The van der Waals surface area contributed by atoms with Gasteiger partial charge in [0, 0.05) is 29.9 Å². The van der Waals surface area contributed by atoms with E-state index in [1.165, 1.54) is 6.42 Å². The molecule has 0 saturated carbocycles. The van der Waals surface area contributed by atoms with Crippen LogP contribution in [0.3, 0.4) is 0 Å². The Bertz CT molecular complexity index is 682. The van der Waals surface area contributed by atoms with Crippen LogP contribution < -0.4 is 0 Å². The van der Waals surface area contributed by atoms with Crippen molar-refractivity contribution in [3.63, 3.8) is 0 Å². The van der Waals surface area contributed by atoms with Crippen LogP contribution in [0.15, 0.2) is 23.6 Å². The largest absolute Gasteiger partial charge is 0.342 e. The number of hydrogen-bond donors (Lipinski definition) is 0. The maximum absolute atomic E-state index is 12.5. The number of pyridine rings is 1. The van der Waals surface area contributed by atoms with Gasteiger partial charge in [-0.05, 0) is 51.2 Å². The van der Waals surface area contributed by atoms with Crippen molar-refractivity contribution in [3.8, 4) is 0 Å². The van der Waals surface area contributed by atoms with Gasteiger partial charge in [-0.15, -0.1) is 11.3 Å². The van der Waals surface area contributed by atoms with Gasteiger partial charge >= 0.3 is 0 Å². The van der Waals surface area contributed by atoms with Crippen molar-refractivity contribution in [3.05, 3.63) is 45.7 Å². The van der Waals surface area contributed by atoms with E-state index in [2.05, 4.69) is 22.1 Å². The summed E-state index contributed by atoms with van der Waals surface area (Å²) in [6, 6.07) is 6.18. The average molecular weight is 329 g/mol. The van der Waals surface area contributed by atoms with Crippen molar-refractivity contribution in [2.45, 2.75) is 39.5 Å². The van der Waals surface area contributed by atoms with Gasteiger partial charge in [-0.2, -0.15) is 0 Å². The average Bonchev–Trinajstić information content (AvgIpc) is 2.92. The fraction of sp³-hybridized carbons (Fsp3) is 0.500. The van der Waals surface area contributed by atoms with Crippen LogP contribution in [-0.4, -0.2) is 33.9 Å². The normalized spacial score (nSPS) is 18.2. The highest BCUT2D eigenvalue weighted by atomic mass is 32.1. The summed E-state index contributed by atoms with van der Waals surface area (Å²) in [5, 5.41) is 3.01. The van der Waals surface area contributed by atoms with E-state index in [4.69, 9.17) is 0 Å². The lowest BCUT2D eigenvalue weighted by molar-refractivity contribution is -0.132. The van der Waals surface area contributed by atoms with E-state index in [-0.39, 0.29) is 5.91 Å². The third kappa shape index (κ3) is 4.38. The SMILES string of the molecule is Cc1cccc(C[C@@H]2CCCN(C(=O)Cc3csc(C)n3)C2)n1. The van der Waals surface area contributed by atoms with Crippen LogP contribution in [-0.2, 0) is 17.6 Å². The molecule has 1 aliphatic rings. The van der Waals surface area contributed by atoms with E-state index in [1.807, 2.05) is 30.2 Å². The smallest absolute Gasteiger partial charge is 0.228 e. The predicted octanol–water partition coefficient (Wildman–Crippen LogP) is 3.18. The van der Waals surface area contributed by atoms with Gasteiger partial charge in [0.15, 0.2) is 0 Å². The lowest BCUT2D eigenvalue weighted by Crippen LogP contribution is -2.41. The van der Waals surface area contributed by atoms with Gasteiger partial charge in [0.1, 0.15) is 0 Å². The number of carbonyl (C=O) groups excluding carboxylic acids is 1. The zero-order valence-electron chi connectivity index (χ0n) is 13.8. The lowest BCUT2D eigenvalue weighted by Gasteiger charge is -2.32. The third-order valence-corrected chi connectivity index (χ3v) is 5.14. The fourth-order valence-corrected chi connectivity index (χ4v) is 3.84. The zero-order chi connectivity index (χ0) is 16.2. The molecule has 0 unspecified atom stereocenters. The Labute approximate surface area is 141 Å². The highest BCUT2D eigenvalue weighted by molar-refractivity contribution is 7.09. The monoisotopic (exact) mass is 329 g/mol. The number of likely N-dealkylation sites (tertiary alicyclic amines) is 1. The molecule has 3 heterocycles. The number of thiazole rings is 1. The Kier molecular flexibility index (Phi) is 5.06. The van der Waals surface area contributed by atoms with E-state index in [1.54, 1.807) is 11.3 Å². The fourth-order valence-electron chi connectivity index (χ4n) is 3.22. The predicted molar refractivity (Wildman–Crippen MR) is 92.5 cm³/mol. The highest BCUT2D eigenvalue weighted by Crippen LogP contribution is 2.21. The maximum Gasteiger partial charge on any atom is 0.228 e. The topological polar surface area (TPSA) is 46.1 Å². The van der Waals surface area contributed by atoms with Gasteiger partial charge < -0.3 is 4.90 Å². The molecule has 1 atom stereocenters. The Morgan fingerprint density at radius 1 is 1.30 bits per heavy atom. The summed E-state index contributed by atoms with van der Waals surface area (Å²) in [5.41, 5.74) is 3.10. The first-order chi connectivity index (χ1) is 11.1. The first-order valence-electron chi connectivity index (χ1n) is 8.21. The molecule has 0 spiro atoms. The van der Waals surface area contributed by atoms with Crippen LogP contribution >= 0.6 is 11.3 Å². The van der Waals surface area contributed by atoms with Crippen molar-refractivity contribution in [1.82, 2.24) is 14.9 Å². The van der Waals surface area contributed by atoms with Crippen LogP contribution in [0.4, 0.5) is 0 Å². The number of piperidine rings is 1. The molecule has 1 saturated heterocycles. The van der Waals surface area contributed by atoms with Gasteiger partial charge in [0.2, 0.25) is 5.91 Å². The quantitative estimate of drug-likeness (QED) is 0.865. The van der Waals surface area contributed by atoms with Crippen LogP contribution in [0, 0.1) is 19.8 Å². The summed E-state index contributed by atoms with van der Waals surface area (Å²) >= 11 is 1.61. The number of carbonyl (C=O) groups is 1. The van der Waals surface area contributed by atoms with E-state index in [0.29, 0.717) is 12.3 Å². The summed E-state index contributed by atoms with van der Waals surface area (Å²) in [6.45, 7) is 5.72. The van der Waals surface area contributed by atoms with Gasteiger partial charge in [0.25, 0.3) is 0 Å². The second-order valence-corrected chi connectivity index (χ2v) is 7.42. The molecule has 0 radical (unpaired) electrons. The molecule has 1 aliphatic heterocycles. The molecule has 5 heteroatoms. The van der Waals surface area contributed by atoms with E-state index >= 15 is 0 Å². The lowest BCUT2D eigenvalue weighted by atomic mass is 9.93. The van der Waals surface area contributed by atoms with Crippen LogP contribution in [0.1, 0.15) is 34.9 Å². The standard InChI is InChI=1S/C18H23N3OS/c1-13-5-3-7-16(19-13)9-15-6-4-8-21(11-15)18(22)10-17-12-23-14(2)20-17/h3,5,7,12,15H,4,6,8-11H2,1-2H3/t15-/m0/s1. The highest BCUT2D eigenvalue weighted by Gasteiger charge is 2.24. The summed E-state index contributed by atoms with van der Waals surface area (Å²) in [7, 11) is 0. The first-order valence-corrected chi connectivity index (χ1v) is 9.09. The Balaban J connectivity index is 1.58. The molecule has 122 valence electrons. The second-order valence-electron chi connectivity index (χ2n) is 6.36. The summed E-state index contributed by atoms with van der Waals surface area (Å²) in [5.74, 6) is 0.719. The van der Waals surface area contributed by atoms with Crippen molar-refractivity contribution < 1.29 is 4.79 Å². The van der Waals surface area contributed by atoms with Crippen molar-refractivity contribution in [2.24, 2.45) is 5.92 Å². The number of rotatable bonds is 4. The molecule has 0 N–H and O–H groups in total. The second kappa shape index (κ2) is 7.21. The minimum absolute atomic E-state index is 0.206. The first kappa shape index (κ1) is 16.1. The van der Waals surface area contributed by atoms with Crippen molar-refractivity contribution in [1.29, 1.82) is 0 Å². The molecule has 1 fully saturated rings. The van der Waals surface area contributed by atoms with Crippen molar-refractivity contribution >= 4 is 17.2 Å². The minimum atomic E-state index is 0.206. The van der Waals surface area contributed by atoms with Gasteiger partial charge in [0.05, 0.1) is 17.1 Å². The molecule has 2 aromatic rings. The summed E-state index contributed by atoms with van der Waals surface area (Å²) < 4.78 is 0. The number of aromatic nitrogens is 2. The third-order valence-electron chi connectivity index (χ3n) is 4.31. The molecule has 1 amide bonds.